The molecule has 1 rings (SSSR count). The molecule has 0 aliphatic carbocycles. The third kappa shape index (κ3) is 2.60. The van der Waals surface area contributed by atoms with E-state index in [1.165, 1.54) is 0 Å². The van der Waals surface area contributed by atoms with Crippen LogP contribution in [-0.4, -0.2) is 12.2 Å². The minimum Gasteiger partial charge on any atom is -0.497 e. The van der Waals surface area contributed by atoms with Crippen molar-refractivity contribution < 1.29 is 9.84 Å². The summed E-state index contributed by atoms with van der Waals surface area (Å²) in [6.07, 6.45) is 5.49. The predicted molar refractivity (Wildman–Crippen MR) is 68.7 cm³/mol. The molecule has 1 atom stereocenters. The lowest BCUT2D eigenvalue weighted by Gasteiger charge is -2.26. The van der Waals surface area contributed by atoms with Crippen LogP contribution in [0.2, 0.25) is 0 Å². The molecule has 1 aromatic carbocycles. The van der Waals surface area contributed by atoms with Crippen LogP contribution in [0.4, 0.5) is 0 Å². The van der Waals surface area contributed by atoms with Gasteiger partial charge in [0, 0.05) is 12.0 Å². The highest BCUT2D eigenvalue weighted by Crippen LogP contribution is 2.32. The molecule has 0 aliphatic rings. The van der Waals surface area contributed by atoms with E-state index in [9.17, 15) is 5.11 Å². The summed E-state index contributed by atoms with van der Waals surface area (Å²) in [5.41, 5.74) is 2.83. The van der Waals surface area contributed by atoms with Gasteiger partial charge in [0.15, 0.2) is 0 Å². The molecule has 17 heavy (non-hydrogen) atoms. The van der Waals surface area contributed by atoms with Gasteiger partial charge in [-0.2, -0.15) is 0 Å². The van der Waals surface area contributed by atoms with E-state index in [1.807, 2.05) is 0 Å². The summed E-state index contributed by atoms with van der Waals surface area (Å²) in [6.45, 7) is 5.31. The molecule has 0 aliphatic heterocycles. The molecule has 1 unspecified atom stereocenters. The minimum atomic E-state index is -1.21. The highest BCUT2D eigenvalue weighted by Gasteiger charge is 2.30. The van der Waals surface area contributed by atoms with Crippen LogP contribution >= 0.6 is 0 Å². The zero-order valence-electron chi connectivity index (χ0n) is 10.2. The van der Waals surface area contributed by atoms with Gasteiger partial charge in [0.05, 0.1) is 7.11 Å². The second-order valence-corrected chi connectivity index (χ2v) is 3.77. The van der Waals surface area contributed by atoms with Crippen molar-refractivity contribution >= 4 is 0 Å². The number of benzene rings is 1. The molecule has 0 radical (unpaired) electrons. The van der Waals surface area contributed by atoms with E-state index in [0.29, 0.717) is 11.1 Å². The van der Waals surface area contributed by atoms with Crippen LogP contribution in [-0.2, 0) is 5.60 Å². The third-order valence-corrected chi connectivity index (χ3v) is 2.81. The normalized spacial score (nSPS) is 13.1. The van der Waals surface area contributed by atoms with Crippen molar-refractivity contribution in [2.24, 2.45) is 0 Å². The molecule has 0 amide bonds. The molecule has 88 valence electrons. The van der Waals surface area contributed by atoms with Crippen LogP contribution in [0.3, 0.4) is 0 Å². The first kappa shape index (κ1) is 13.1. The number of ether oxygens (including phenoxy) is 1. The maximum atomic E-state index is 10.6. The number of methoxy groups -OCH3 is 1. The zero-order chi connectivity index (χ0) is 12.9. The molecule has 0 saturated carbocycles. The van der Waals surface area contributed by atoms with E-state index in [1.54, 1.807) is 38.3 Å². The van der Waals surface area contributed by atoms with Crippen molar-refractivity contribution in [2.45, 2.75) is 18.9 Å². The lowest BCUT2D eigenvalue weighted by molar-refractivity contribution is 0.0822. The Kier molecular flexibility index (Phi) is 4.17. The summed E-state index contributed by atoms with van der Waals surface area (Å²) in [4.78, 5) is 0. The SMILES string of the molecule is C#CCC(O)(C(C)=C=C)c1ccc(OC)cc1. The molecule has 0 saturated heterocycles. The van der Waals surface area contributed by atoms with E-state index < -0.39 is 5.60 Å². The Morgan fingerprint density at radius 1 is 1.47 bits per heavy atom. The predicted octanol–water partition coefficient (Wildman–Crippen LogP) is 2.64. The number of hydrogen-bond acceptors (Lipinski definition) is 2. The average Bonchev–Trinajstić information content (AvgIpc) is 2.38. The van der Waals surface area contributed by atoms with Gasteiger partial charge in [-0.3, -0.25) is 0 Å². The Morgan fingerprint density at radius 2 is 2.06 bits per heavy atom. The standard InChI is InChI=1S/C15H16O2/c1-5-11-15(16,12(3)6-2)13-7-9-14(17-4)10-8-13/h1,7-10,16H,2,11H2,3-4H3. The van der Waals surface area contributed by atoms with E-state index in [2.05, 4.69) is 18.2 Å². The molecular formula is C15H16O2. The van der Waals surface area contributed by atoms with Gasteiger partial charge in [0.1, 0.15) is 11.4 Å². The first-order valence-corrected chi connectivity index (χ1v) is 5.26. The fraction of sp³-hybridized carbons (Fsp3) is 0.267. The highest BCUT2D eigenvalue weighted by atomic mass is 16.5. The lowest BCUT2D eigenvalue weighted by atomic mass is 9.84. The van der Waals surface area contributed by atoms with Gasteiger partial charge in [-0.25, -0.2) is 0 Å². The Balaban J connectivity index is 3.23. The van der Waals surface area contributed by atoms with E-state index in [0.717, 1.165) is 5.75 Å². The fourth-order valence-electron chi connectivity index (χ4n) is 1.61. The summed E-state index contributed by atoms with van der Waals surface area (Å²) in [7, 11) is 1.59. The quantitative estimate of drug-likeness (QED) is 0.634. The summed E-state index contributed by atoms with van der Waals surface area (Å²) in [5, 5.41) is 10.6. The van der Waals surface area contributed by atoms with Crippen LogP contribution < -0.4 is 4.74 Å². The van der Waals surface area contributed by atoms with Crippen molar-refractivity contribution in [2.75, 3.05) is 7.11 Å². The van der Waals surface area contributed by atoms with E-state index >= 15 is 0 Å². The number of aliphatic hydroxyl groups is 1. The maximum absolute atomic E-state index is 10.6. The van der Waals surface area contributed by atoms with Crippen molar-refractivity contribution in [3.05, 3.63) is 47.7 Å². The summed E-state index contributed by atoms with van der Waals surface area (Å²) >= 11 is 0. The molecule has 0 heterocycles. The Bertz CT molecular complexity index is 473. The summed E-state index contributed by atoms with van der Waals surface area (Å²) < 4.78 is 5.07. The molecule has 0 spiro atoms. The topological polar surface area (TPSA) is 29.5 Å². The van der Waals surface area contributed by atoms with Gasteiger partial charge in [0.2, 0.25) is 0 Å². The Labute approximate surface area is 102 Å². The van der Waals surface area contributed by atoms with Crippen LogP contribution in [0.5, 0.6) is 5.75 Å². The minimum absolute atomic E-state index is 0.188. The number of hydrogen-bond donors (Lipinski definition) is 1. The van der Waals surface area contributed by atoms with Crippen molar-refractivity contribution in [3.63, 3.8) is 0 Å². The lowest BCUT2D eigenvalue weighted by Crippen LogP contribution is -2.26. The molecule has 2 nitrogen and oxygen atoms in total. The molecule has 0 bridgehead atoms. The van der Waals surface area contributed by atoms with E-state index in [-0.39, 0.29) is 6.42 Å². The second kappa shape index (κ2) is 5.41. The van der Waals surface area contributed by atoms with Crippen molar-refractivity contribution in [1.82, 2.24) is 0 Å². The fourth-order valence-corrected chi connectivity index (χ4v) is 1.61. The molecule has 0 aromatic heterocycles. The Hall–Kier alpha value is -1.94. The first-order valence-electron chi connectivity index (χ1n) is 5.26. The van der Waals surface area contributed by atoms with Crippen molar-refractivity contribution in [1.29, 1.82) is 0 Å². The smallest absolute Gasteiger partial charge is 0.129 e. The van der Waals surface area contributed by atoms with Gasteiger partial charge in [-0.05, 0) is 24.6 Å². The van der Waals surface area contributed by atoms with Gasteiger partial charge in [0.25, 0.3) is 0 Å². The van der Waals surface area contributed by atoms with Gasteiger partial charge >= 0.3 is 0 Å². The monoisotopic (exact) mass is 228 g/mol. The highest BCUT2D eigenvalue weighted by molar-refractivity contribution is 5.37. The number of rotatable bonds is 4. The van der Waals surface area contributed by atoms with Gasteiger partial charge in [-0.1, -0.05) is 18.7 Å². The van der Waals surface area contributed by atoms with Crippen LogP contribution in [0.15, 0.2) is 42.1 Å². The molecule has 0 fully saturated rings. The second-order valence-electron chi connectivity index (χ2n) is 3.77. The molecule has 2 heteroatoms. The van der Waals surface area contributed by atoms with Crippen LogP contribution in [0, 0.1) is 12.3 Å². The van der Waals surface area contributed by atoms with E-state index in [4.69, 9.17) is 11.2 Å². The molecular weight excluding hydrogens is 212 g/mol. The number of terminal acetylenes is 1. The molecule has 1 aromatic rings. The van der Waals surface area contributed by atoms with Gasteiger partial charge < -0.3 is 9.84 Å². The summed E-state index contributed by atoms with van der Waals surface area (Å²) in [5.74, 6) is 3.21. The van der Waals surface area contributed by atoms with Crippen LogP contribution in [0.1, 0.15) is 18.9 Å². The third-order valence-electron chi connectivity index (χ3n) is 2.81. The summed E-state index contributed by atoms with van der Waals surface area (Å²) in [6, 6.07) is 7.15. The van der Waals surface area contributed by atoms with Gasteiger partial charge in [-0.15, -0.1) is 18.1 Å². The first-order chi connectivity index (χ1) is 8.08. The van der Waals surface area contributed by atoms with Crippen molar-refractivity contribution in [3.8, 4) is 18.1 Å². The molecule has 1 N–H and O–H groups in total. The van der Waals surface area contributed by atoms with Crippen LogP contribution in [0.25, 0.3) is 0 Å². The zero-order valence-corrected chi connectivity index (χ0v) is 10.2. The largest absolute Gasteiger partial charge is 0.497 e. The maximum Gasteiger partial charge on any atom is 0.129 e. The average molecular weight is 228 g/mol. The Morgan fingerprint density at radius 3 is 2.47 bits per heavy atom.